The summed E-state index contributed by atoms with van der Waals surface area (Å²) in [5.41, 5.74) is 6.10. The minimum atomic E-state index is -0.421. The molecule has 0 spiro atoms. The first-order valence-electron chi connectivity index (χ1n) is 6.00. The molecule has 1 aliphatic rings. The van der Waals surface area contributed by atoms with E-state index in [0.29, 0.717) is 18.7 Å². The molecule has 0 unspecified atom stereocenters. The number of benzene rings is 1. The van der Waals surface area contributed by atoms with E-state index in [1.165, 1.54) is 18.2 Å². The fourth-order valence-electron chi connectivity index (χ4n) is 2.26. The predicted molar refractivity (Wildman–Crippen MR) is 70.0 cm³/mol. The van der Waals surface area contributed by atoms with Gasteiger partial charge in [-0.2, -0.15) is 0 Å². The molecule has 1 aliphatic carbocycles. The van der Waals surface area contributed by atoms with Gasteiger partial charge in [0.15, 0.2) is 0 Å². The Bertz CT molecular complexity index is 455. The van der Waals surface area contributed by atoms with E-state index < -0.39 is 5.82 Å². The van der Waals surface area contributed by atoms with Crippen LogP contribution >= 0.6 is 11.6 Å². The van der Waals surface area contributed by atoms with Gasteiger partial charge in [0.1, 0.15) is 5.82 Å². The molecule has 1 aromatic carbocycles. The molecule has 1 saturated carbocycles. The van der Waals surface area contributed by atoms with E-state index in [1.807, 2.05) is 0 Å². The second-order valence-corrected chi connectivity index (χ2v) is 5.31. The van der Waals surface area contributed by atoms with Crippen molar-refractivity contribution in [3.05, 3.63) is 29.0 Å². The molecule has 0 aliphatic heterocycles. The van der Waals surface area contributed by atoms with Crippen LogP contribution < -0.4 is 11.1 Å². The Kier molecular flexibility index (Phi) is 3.88. The van der Waals surface area contributed by atoms with Gasteiger partial charge in [-0.1, -0.05) is 18.0 Å². The number of halogens is 2. The van der Waals surface area contributed by atoms with Crippen molar-refractivity contribution in [2.45, 2.75) is 25.7 Å². The molecule has 3 N–H and O–H groups in total. The van der Waals surface area contributed by atoms with Crippen LogP contribution in [0.5, 0.6) is 0 Å². The fraction of sp³-hybridized carbons (Fsp3) is 0.462. The van der Waals surface area contributed by atoms with E-state index >= 15 is 0 Å². The van der Waals surface area contributed by atoms with Crippen molar-refractivity contribution in [1.29, 1.82) is 0 Å². The number of hydrogen-bond donors (Lipinski definition) is 2. The van der Waals surface area contributed by atoms with E-state index in [-0.39, 0.29) is 16.3 Å². The summed E-state index contributed by atoms with van der Waals surface area (Å²) >= 11 is 5.85. The van der Waals surface area contributed by atoms with E-state index in [2.05, 4.69) is 5.32 Å². The van der Waals surface area contributed by atoms with Crippen molar-refractivity contribution < 1.29 is 9.18 Å². The number of carbonyl (C=O) groups is 1. The molecule has 0 atom stereocenters. The maximum Gasteiger partial charge on any atom is 0.225 e. The van der Waals surface area contributed by atoms with Gasteiger partial charge in [-0.3, -0.25) is 4.79 Å². The molecule has 2 rings (SSSR count). The van der Waals surface area contributed by atoms with Gasteiger partial charge in [0, 0.05) is 6.42 Å². The van der Waals surface area contributed by atoms with Gasteiger partial charge >= 0.3 is 0 Å². The zero-order valence-electron chi connectivity index (χ0n) is 10.0. The number of nitrogens with two attached hydrogens (primary N) is 1. The van der Waals surface area contributed by atoms with Crippen LogP contribution in [0.3, 0.4) is 0 Å². The topological polar surface area (TPSA) is 55.1 Å². The molecule has 0 saturated heterocycles. The smallest absolute Gasteiger partial charge is 0.225 e. The summed E-state index contributed by atoms with van der Waals surface area (Å²) in [5, 5.41) is 2.91. The lowest BCUT2D eigenvalue weighted by Gasteiger charge is -2.40. The van der Waals surface area contributed by atoms with E-state index in [9.17, 15) is 9.18 Å². The first-order valence-corrected chi connectivity index (χ1v) is 6.37. The average Bonchev–Trinajstić information content (AvgIpc) is 2.27. The van der Waals surface area contributed by atoms with Crippen LogP contribution in [0.1, 0.15) is 25.7 Å². The molecule has 1 fully saturated rings. The molecular weight excluding hydrogens is 255 g/mol. The van der Waals surface area contributed by atoms with E-state index in [0.717, 1.165) is 19.3 Å². The normalized spacial score (nSPS) is 17.1. The third-order valence-corrected chi connectivity index (χ3v) is 3.90. The van der Waals surface area contributed by atoms with Gasteiger partial charge < -0.3 is 11.1 Å². The molecule has 0 aromatic heterocycles. The summed E-state index contributed by atoms with van der Waals surface area (Å²) in [7, 11) is 0. The van der Waals surface area contributed by atoms with Gasteiger partial charge in [-0.15, -0.1) is 0 Å². The minimum absolute atomic E-state index is 0.0450. The van der Waals surface area contributed by atoms with Crippen LogP contribution in [0.25, 0.3) is 0 Å². The summed E-state index contributed by atoms with van der Waals surface area (Å²) in [6.45, 7) is 0.525. The highest BCUT2D eigenvalue weighted by molar-refractivity contribution is 6.33. The number of carbonyl (C=O) groups excluding carboxylic acids is 1. The molecule has 0 bridgehead atoms. The second-order valence-electron chi connectivity index (χ2n) is 4.91. The maximum absolute atomic E-state index is 12.9. The van der Waals surface area contributed by atoms with Crippen molar-refractivity contribution in [1.82, 2.24) is 0 Å². The summed E-state index contributed by atoms with van der Waals surface area (Å²) in [6, 6.07) is 3.91. The molecule has 3 nitrogen and oxygen atoms in total. The molecule has 0 radical (unpaired) electrons. The van der Waals surface area contributed by atoms with Crippen LogP contribution in [-0.4, -0.2) is 12.5 Å². The Morgan fingerprint density at radius 3 is 2.72 bits per heavy atom. The number of anilines is 1. The SMILES string of the molecule is NCC1(CC(=O)Nc2ccc(F)cc2Cl)CCC1. The molecular formula is C13H16ClFN2O. The van der Waals surface area contributed by atoms with Gasteiger partial charge in [0.05, 0.1) is 10.7 Å². The lowest BCUT2D eigenvalue weighted by Crippen LogP contribution is -2.40. The quantitative estimate of drug-likeness (QED) is 0.884. The molecule has 0 heterocycles. The summed E-state index contributed by atoms with van der Waals surface area (Å²) in [5.74, 6) is -0.538. The Morgan fingerprint density at radius 2 is 2.22 bits per heavy atom. The average molecular weight is 271 g/mol. The Balaban J connectivity index is 1.98. The molecule has 98 valence electrons. The third kappa shape index (κ3) is 2.82. The van der Waals surface area contributed by atoms with Gasteiger partial charge in [0.25, 0.3) is 0 Å². The van der Waals surface area contributed by atoms with Gasteiger partial charge in [0.2, 0.25) is 5.91 Å². The molecule has 1 amide bonds. The number of rotatable bonds is 4. The maximum atomic E-state index is 12.9. The molecule has 5 heteroatoms. The van der Waals surface area contributed by atoms with Crippen molar-refractivity contribution in [2.75, 3.05) is 11.9 Å². The van der Waals surface area contributed by atoms with Crippen molar-refractivity contribution in [3.8, 4) is 0 Å². The Hall–Kier alpha value is -1.13. The van der Waals surface area contributed by atoms with Crippen molar-refractivity contribution >= 4 is 23.2 Å². The van der Waals surface area contributed by atoms with Crippen LogP contribution in [0.15, 0.2) is 18.2 Å². The first-order chi connectivity index (χ1) is 8.54. The highest BCUT2D eigenvalue weighted by Gasteiger charge is 2.37. The molecule has 18 heavy (non-hydrogen) atoms. The van der Waals surface area contributed by atoms with Crippen LogP contribution in [0.2, 0.25) is 5.02 Å². The number of amides is 1. The number of hydrogen-bond acceptors (Lipinski definition) is 2. The predicted octanol–water partition coefficient (Wildman–Crippen LogP) is 2.94. The van der Waals surface area contributed by atoms with Crippen LogP contribution in [-0.2, 0) is 4.79 Å². The Labute approximate surface area is 111 Å². The summed E-state index contributed by atoms with van der Waals surface area (Å²) in [6.07, 6.45) is 3.52. The summed E-state index contributed by atoms with van der Waals surface area (Å²) < 4.78 is 12.9. The van der Waals surface area contributed by atoms with E-state index in [4.69, 9.17) is 17.3 Å². The minimum Gasteiger partial charge on any atom is -0.330 e. The lowest BCUT2D eigenvalue weighted by atomic mass is 9.66. The van der Waals surface area contributed by atoms with Crippen LogP contribution in [0.4, 0.5) is 10.1 Å². The zero-order valence-corrected chi connectivity index (χ0v) is 10.8. The standard InChI is InChI=1S/C13H16ClFN2O/c14-10-6-9(15)2-3-11(10)17-12(18)7-13(8-16)4-1-5-13/h2-3,6H,1,4-5,7-8,16H2,(H,17,18). The molecule has 1 aromatic rings. The largest absolute Gasteiger partial charge is 0.330 e. The van der Waals surface area contributed by atoms with Gasteiger partial charge in [-0.25, -0.2) is 4.39 Å². The van der Waals surface area contributed by atoms with E-state index in [1.54, 1.807) is 0 Å². The lowest BCUT2D eigenvalue weighted by molar-refractivity contribution is -0.119. The highest BCUT2D eigenvalue weighted by Crippen LogP contribution is 2.43. The van der Waals surface area contributed by atoms with Gasteiger partial charge in [-0.05, 0) is 43.0 Å². The third-order valence-electron chi connectivity index (χ3n) is 3.59. The highest BCUT2D eigenvalue weighted by atomic mass is 35.5. The second kappa shape index (κ2) is 5.24. The van der Waals surface area contributed by atoms with Crippen molar-refractivity contribution in [2.24, 2.45) is 11.1 Å². The monoisotopic (exact) mass is 270 g/mol. The first kappa shape index (κ1) is 13.3. The number of nitrogens with one attached hydrogen (secondary N) is 1. The zero-order chi connectivity index (χ0) is 13.2. The van der Waals surface area contributed by atoms with Crippen LogP contribution in [0, 0.1) is 11.2 Å². The summed E-state index contributed by atoms with van der Waals surface area (Å²) in [4.78, 5) is 11.9. The fourth-order valence-corrected chi connectivity index (χ4v) is 2.47. The Morgan fingerprint density at radius 1 is 1.50 bits per heavy atom. The van der Waals surface area contributed by atoms with Crippen molar-refractivity contribution in [3.63, 3.8) is 0 Å².